The molecule has 2 aromatic carbocycles. The Labute approximate surface area is 182 Å². The van der Waals surface area contributed by atoms with E-state index in [2.05, 4.69) is 25.7 Å². The van der Waals surface area contributed by atoms with Crippen molar-refractivity contribution in [2.45, 2.75) is 32.4 Å². The van der Waals surface area contributed by atoms with E-state index >= 15 is 0 Å². The third-order valence-electron chi connectivity index (χ3n) is 5.05. The average molecular weight is 429 g/mol. The second-order valence-electron chi connectivity index (χ2n) is 7.55. The molecule has 8 heteroatoms. The maximum Gasteiger partial charge on any atom is 0.411 e. The summed E-state index contributed by atoms with van der Waals surface area (Å²) in [6.45, 7) is 3.06. The van der Waals surface area contributed by atoms with Crippen molar-refractivity contribution in [3.05, 3.63) is 59.4 Å². The third kappa shape index (κ3) is 6.87. The number of ether oxygens (including phenoxy) is 2. The van der Waals surface area contributed by atoms with E-state index in [4.69, 9.17) is 4.74 Å². The van der Waals surface area contributed by atoms with Gasteiger partial charge in [-0.3, -0.25) is 10.3 Å². The number of anilines is 1. The fourth-order valence-corrected chi connectivity index (χ4v) is 2.94. The minimum Gasteiger partial charge on any atom is -0.490 e. The Bertz CT molecular complexity index is 914. The minimum atomic E-state index is -0.511. The number of hydrogen-bond acceptors (Lipinski definition) is 4. The molecule has 1 fully saturated rings. The van der Waals surface area contributed by atoms with E-state index in [1.54, 1.807) is 25.2 Å². The number of guanidine groups is 1. The molecule has 1 saturated carbocycles. The predicted molar refractivity (Wildman–Crippen MR) is 119 cm³/mol. The topological polar surface area (TPSA) is 84.0 Å². The van der Waals surface area contributed by atoms with Crippen molar-refractivity contribution in [1.29, 1.82) is 0 Å². The monoisotopic (exact) mass is 428 g/mol. The molecule has 1 amide bonds. The molecule has 0 heterocycles. The van der Waals surface area contributed by atoms with Crippen LogP contribution in [0.2, 0.25) is 0 Å². The van der Waals surface area contributed by atoms with Gasteiger partial charge in [0.05, 0.1) is 19.8 Å². The lowest BCUT2D eigenvalue weighted by molar-refractivity contribution is 0.187. The van der Waals surface area contributed by atoms with Crippen LogP contribution in [0.4, 0.5) is 14.9 Å². The maximum atomic E-state index is 14.4. The van der Waals surface area contributed by atoms with Crippen molar-refractivity contribution in [2.75, 3.05) is 26.1 Å². The van der Waals surface area contributed by atoms with Gasteiger partial charge in [-0.15, -0.1) is 0 Å². The van der Waals surface area contributed by atoms with Gasteiger partial charge < -0.3 is 20.1 Å². The Morgan fingerprint density at radius 2 is 1.97 bits per heavy atom. The van der Waals surface area contributed by atoms with Gasteiger partial charge in [-0.2, -0.15) is 0 Å². The lowest BCUT2D eigenvalue weighted by Gasteiger charge is -2.19. The van der Waals surface area contributed by atoms with Crippen LogP contribution in [0, 0.1) is 11.7 Å². The average Bonchev–Trinajstić information content (AvgIpc) is 3.61. The van der Waals surface area contributed by atoms with Crippen molar-refractivity contribution in [3.63, 3.8) is 0 Å². The SMILES string of the molecule is CN=C(NCc1ccc(NC(=O)OC)cc1)NC(C)c1ccc(OCC2CC2)c(F)c1. The molecule has 166 valence electrons. The Hall–Kier alpha value is -3.29. The van der Waals surface area contributed by atoms with Crippen molar-refractivity contribution in [1.82, 2.24) is 10.6 Å². The number of amides is 1. The standard InChI is InChI=1S/C23H29FN4O3/c1-15(18-8-11-21(20(24)12-18)31-14-17-4-5-17)27-22(25-2)26-13-16-6-9-19(10-7-16)28-23(29)30-3/h6-12,15,17H,4-5,13-14H2,1-3H3,(H,28,29)(H2,25,26,27). The first-order valence-corrected chi connectivity index (χ1v) is 10.3. The van der Waals surface area contributed by atoms with Gasteiger partial charge in [0.2, 0.25) is 0 Å². The summed E-state index contributed by atoms with van der Waals surface area (Å²) in [4.78, 5) is 15.5. The Balaban J connectivity index is 1.50. The highest BCUT2D eigenvalue weighted by atomic mass is 19.1. The molecule has 31 heavy (non-hydrogen) atoms. The molecule has 2 aromatic rings. The second kappa shape index (κ2) is 10.7. The Kier molecular flexibility index (Phi) is 7.70. The number of methoxy groups -OCH3 is 1. The van der Waals surface area contributed by atoms with Crippen molar-refractivity contribution < 1.29 is 18.7 Å². The first-order chi connectivity index (χ1) is 15.0. The van der Waals surface area contributed by atoms with Gasteiger partial charge in [-0.1, -0.05) is 18.2 Å². The highest BCUT2D eigenvalue weighted by Crippen LogP contribution is 2.30. The first-order valence-electron chi connectivity index (χ1n) is 10.3. The largest absolute Gasteiger partial charge is 0.490 e. The van der Waals surface area contributed by atoms with Crippen molar-refractivity contribution in [2.24, 2.45) is 10.9 Å². The van der Waals surface area contributed by atoms with Crippen LogP contribution in [0.25, 0.3) is 0 Å². The highest BCUT2D eigenvalue weighted by Gasteiger charge is 2.22. The van der Waals surface area contributed by atoms with Crippen LogP contribution in [0.15, 0.2) is 47.5 Å². The molecule has 0 aliphatic heterocycles. The van der Waals surface area contributed by atoms with E-state index in [1.165, 1.54) is 26.0 Å². The van der Waals surface area contributed by atoms with Crippen molar-refractivity contribution in [3.8, 4) is 5.75 Å². The summed E-state index contributed by atoms with van der Waals surface area (Å²) in [5.41, 5.74) is 2.46. The van der Waals surface area contributed by atoms with E-state index in [1.807, 2.05) is 25.1 Å². The summed E-state index contributed by atoms with van der Waals surface area (Å²) in [6, 6.07) is 12.3. The molecule has 1 aliphatic rings. The predicted octanol–water partition coefficient (Wildman–Crippen LogP) is 4.22. The molecule has 1 aliphatic carbocycles. The molecule has 0 spiro atoms. The number of carbonyl (C=O) groups is 1. The fourth-order valence-electron chi connectivity index (χ4n) is 2.94. The number of benzene rings is 2. The zero-order valence-corrected chi connectivity index (χ0v) is 18.1. The number of nitrogens with one attached hydrogen (secondary N) is 3. The number of hydrogen-bond donors (Lipinski definition) is 3. The first kappa shape index (κ1) is 22.4. The van der Waals surface area contributed by atoms with E-state index in [-0.39, 0.29) is 11.9 Å². The molecular formula is C23H29FN4O3. The number of carbonyl (C=O) groups excluding carboxylic acids is 1. The summed E-state index contributed by atoms with van der Waals surface area (Å²) < 4.78 is 24.5. The van der Waals surface area contributed by atoms with Crippen LogP contribution < -0.4 is 20.7 Å². The summed E-state index contributed by atoms with van der Waals surface area (Å²) >= 11 is 0. The van der Waals surface area contributed by atoms with Gasteiger partial charge in [0, 0.05) is 19.3 Å². The smallest absolute Gasteiger partial charge is 0.411 e. The summed E-state index contributed by atoms with van der Waals surface area (Å²) in [5.74, 6) is 1.12. The molecule has 3 N–H and O–H groups in total. The van der Waals surface area contributed by atoms with Crippen LogP contribution in [-0.2, 0) is 11.3 Å². The van der Waals surface area contributed by atoms with Crippen LogP contribution in [0.5, 0.6) is 5.75 Å². The molecule has 0 aromatic heterocycles. The quantitative estimate of drug-likeness (QED) is 0.433. The molecule has 7 nitrogen and oxygen atoms in total. The van der Waals surface area contributed by atoms with E-state index in [9.17, 15) is 9.18 Å². The lowest BCUT2D eigenvalue weighted by Crippen LogP contribution is -2.38. The summed E-state index contributed by atoms with van der Waals surface area (Å²) in [5, 5.41) is 9.10. The summed E-state index contributed by atoms with van der Waals surface area (Å²) in [7, 11) is 3.00. The fraction of sp³-hybridized carbons (Fsp3) is 0.391. The van der Waals surface area contributed by atoms with Gasteiger partial charge in [0.25, 0.3) is 0 Å². The minimum absolute atomic E-state index is 0.148. The van der Waals surface area contributed by atoms with Gasteiger partial charge >= 0.3 is 6.09 Å². The third-order valence-corrected chi connectivity index (χ3v) is 5.05. The lowest BCUT2D eigenvalue weighted by atomic mass is 10.1. The Morgan fingerprint density at radius 1 is 1.23 bits per heavy atom. The summed E-state index contributed by atoms with van der Waals surface area (Å²) in [6.07, 6.45) is 1.83. The molecule has 1 unspecified atom stereocenters. The zero-order valence-electron chi connectivity index (χ0n) is 18.1. The van der Waals surface area contributed by atoms with E-state index in [0.717, 1.165) is 11.1 Å². The molecule has 0 saturated heterocycles. The number of halogens is 1. The van der Waals surface area contributed by atoms with E-state index < -0.39 is 6.09 Å². The van der Waals surface area contributed by atoms with Crippen LogP contribution in [-0.4, -0.2) is 32.8 Å². The molecular weight excluding hydrogens is 399 g/mol. The molecule has 3 rings (SSSR count). The normalized spacial score (nSPS) is 14.5. The zero-order chi connectivity index (χ0) is 22.2. The molecule has 0 radical (unpaired) electrons. The Morgan fingerprint density at radius 3 is 2.58 bits per heavy atom. The van der Waals surface area contributed by atoms with Gasteiger partial charge in [0.1, 0.15) is 0 Å². The van der Waals surface area contributed by atoms with Gasteiger partial charge in [0.15, 0.2) is 17.5 Å². The number of rotatable bonds is 8. The highest BCUT2D eigenvalue weighted by molar-refractivity contribution is 5.84. The molecule has 1 atom stereocenters. The number of nitrogens with zero attached hydrogens (tertiary/aromatic N) is 1. The van der Waals surface area contributed by atoms with Gasteiger partial charge in [-0.25, -0.2) is 9.18 Å². The number of aliphatic imine (C=N–C) groups is 1. The second-order valence-corrected chi connectivity index (χ2v) is 7.55. The van der Waals surface area contributed by atoms with Crippen LogP contribution in [0.3, 0.4) is 0 Å². The maximum absolute atomic E-state index is 14.4. The van der Waals surface area contributed by atoms with Crippen LogP contribution >= 0.6 is 0 Å². The van der Waals surface area contributed by atoms with Crippen LogP contribution in [0.1, 0.15) is 36.9 Å². The van der Waals surface area contributed by atoms with E-state index in [0.29, 0.717) is 36.5 Å². The molecule has 0 bridgehead atoms. The van der Waals surface area contributed by atoms with Crippen molar-refractivity contribution >= 4 is 17.7 Å². The van der Waals surface area contributed by atoms with Gasteiger partial charge in [-0.05, 0) is 61.1 Å².